The summed E-state index contributed by atoms with van der Waals surface area (Å²) >= 11 is 0. The molecule has 1 rings (SSSR count). The van der Waals surface area contributed by atoms with Crippen LogP contribution in [0.15, 0.2) is 24.3 Å². The third kappa shape index (κ3) is 5.27. The average Bonchev–Trinajstić information content (AvgIpc) is 2.32. The van der Waals surface area contributed by atoms with Crippen LogP contribution in [0.25, 0.3) is 0 Å². The molecule has 0 aromatic heterocycles. The largest absolute Gasteiger partial charge is 0.314 e. The summed E-state index contributed by atoms with van der Waals surface area (Å²) < 4.78 is 24.6. The van der Waals surface area contributed by atoms with Gasteiger partial charge in [-0.2, -0.15) is 0 Å². The number of hydrogen-bond acceptors (Lipinski definition) is 2. The second kappa shape index (κ2) is 7.64. The molecule has 3 unspecified atom stereocenters. The third-order valence-electron chi connectivity index (χ3n) is 3.09. The molecule has 0 radical (unpaired) electrons. The summed E-state index contributed by atoms with van der Waals surface area (Å²) in [5.74, 6) is -0.144. The summed E-state index contributed by atoms with van der Waals surface area (Å²) in [6.45, 7) is 4.84. The highest BCUT2D eigenvalue weighted by Crippen LogP contribution is 2.09. The summed E-state index contributed by atoms with van der Waals surface area (Å²) in [5, 5.41) is 3.55. The van der Waals surface area contributed by atoms with Crippen LogP contribution in [0.4, 0.5) is 4.39 Å². The van der Waals surface area contributed by atoms with Gasteiger partial charge in [-0.1, -0.05) is 25.1 Å². The van der Waals surface area contributed by atoms with Crippen molar-refractivity contribution >= 4 is 10.8 Å². The molecule has 0 saturated carbocycles. The van der Waals surface area contributed by atoms with Crippen LogP contribution in [-0.4, -0.2) is 28.3 Å². The van der Waals surface area contributed by atoms with E-state index < -0.39 is 10.8 Å². The van der Waals surface area contributed by atoms with E-state index in [0.717, 1.165) is 18.5 Å². The van der Waals surface area contributed by atoms with Gasteiger partial charge in [-0.15, -0.1) is 0 Å². The van der Waals surface area contributed by atoms with Crippen LogP contribution in [0.5, 0.6) is 0 Å². The minimum absolute atomic E-state index is 0.144. The first kappa shape index (κ1) is 15.3. The van der Waals surface area contributed by atoms with Gasteiger partial charge >= 0.3 is 0 Å². The minimum atomic E-state index is -0.767. The molecule has 0 aliphatic rings. The lowest BCUT2D eigenvalue weighted by molar-refractivity contribution is 0.516. The van der Waals surface area contributed by atoms with Crippen molar-refractivity contribution in [3.8, 4) is 0 Å². The van der Waals surface area contributed by atoms with E-state index in [1.165, 1.54) is 6.07 Å². The molecule has 0 amide bonds. The van der Waals surface area contributed by atoms with Gasteiger partial charge in [0.15, 0.2) is 0 Å². The van der Waals surface area contributed by atoms with E-state index in [1.807, 2.05) is 26.0 Å². The molecule has 0 saturated heterocycles. The number of nitrogens with one attached hydrogen (secondary N) is 1. The maximum atomic E-state index is 13.4. The molecule has 1 aromatic rings. The third-order valence-corrected chi connectivity index (χ3v) is 4.46. The Hall–Kier alpha value is -0.740. The molecule has 3 atom stereocenters. The molecule has 0 aliphatic carbocycles. The predicted molar refractivity (Wildman–Crippen MR) is 75.7 cm³/mol. The molecule has 0 aliphatic heterocycles. The Morgan fingerprint density at radius 2 is 2.00 bits per heavy atom. The van der Waals surface area contributed by atoms with Crippen LogP contribution in [0, 0.1) is 5.82 Å². The van der Waals surface area contributed by atoms with Crippen LogP contribution >= 0.6 is 0 Å². The van der Waals surface area contributed by atoms with E-state index >= 15 is 0 Å². The lowest BCUT2D eigenvalue weighted by Crippen LogP contribution is -2.31. The Labute approximate surface area is 111 Å². The van der Waals surface area contributed by atoms with Gasteiger partial charge in [0.25, 0.3) is 0 Å². The molecule has 0 fully saturated rings. The van der Waals surface area contributed by atoms with Gasteiger partial charge < -0.3 is 5.32 Å². The molecule has 0 bridgehead atoms. The fourth-order valence-corrected chi connectivity index (χ4v) is 2.21. The van der Waals surface area contributed by atoms with E-state index in [-0.39, 0.29) is 17.1 Å². The number of hydrogen-bond donors (Lipinski definition) is 1. The summed E-state index contributed by atoms with van der Waals surface area (Å²) in [4.78, 5) is 0. The molecule has 0 heterocycles. The SMILES string of the molecule is CC(Cc1ccccc1F)NCCC(C)S(C)=O. The van der Waals surface area contributed by atoms with Gasteiger partial charge in [0, 0.05) is 28.3 Å². The minimum Gasteiger partial charge on any atom is -0.314 e. The topological polar surface area (TPSA) is 29.1 Å². The van der Waals surface area contributed by atoms with Crippen molar-refractivity contribution in [2.75, 3.05) is 12.8 Å². The smallest absolute Gasteiger partial charge is 0.126 e. The normalized spacial score (nSPS) is 16.2. The zero-order chi connectivity index (χ0) is 13.5. The highest BCUT2D eigenvalue weighted by atomic mass is 32.2. The van der Waals surface area contributed by atoms with Crippen molar-refractivity contribution in [1.29, 1.82) is 0 Å². The summed E-state index contributed by atoms with van der Waals surface area (Å²) in [7, 11) is -0.767. The summed E-state index contributed by atoms with van der Waals surface area (Å²) in [6.07, 6.45) is 3.29. The van der Waals surface area contributed by atoms with Gasteiger partial charge in [0.2, 0.25) is 0 Å². The van der Waals surface area contributed by atoms with Crippen molar-refractivity contribution in [1.82, 2.24) is 5.32 Å². The second-order valence-corrected chi connectivity index (χ2v) is 6.55. The molecule has 1 aromatic carbocycles. The van der Waals surface area contributed by atoms with Crippen molar-refractivity contribution in [3.63, 3.8) is 0 Å². The van der Waals surface area contributed by atoms with E-state index in [2.05, 4.69) is 5.32 Å². The molecule has 4 heteroatoms. The lowest BCUT2D eigenvalue weighted by atomic mass is 10.1. The average molecular weight is 271 g/mol. The fourth-order valence-electron chi connectivity index (χ4n) is 1.76. The van der Waals surface area contributed by atoms with Gasteiger partial charge in [-0.05, 0) is 37.9 Å². The molecule has 102 valence electrons. The maximum absolute atomic E-state index is 13.4. The molecular formula is C14H22FNOS. The van der Waals surface area contributed by atoms with E-state index in [9.17, 15) is 8.60 Å². The Morgan fingerprint density at radius 1 is 1.33 bits per heavy atom. The lowest BCUT2D eigenvalue weighted by Gasteiger charge is -2.15. The first-order valence-electron chi connectivity index (χ1n) is 6.29. The monoisotopic (exact) mass is 271 g/mol. The van der Waals surface area contributed by atoms with Crippen LogP contribution < -0.4 is 5.32 Å². The molecule has 1 N–H and O–H groups in total. The highest BCUT2D eigenvalue weighted by Gasteiger charge is 2.09. The van der Waals surface area contributed by atoms with E-state index in [0.29, 0.717) is 6.42 Å². The zero-order valence-corrected chi connectivity index (χ0v) is 12.1. The van der Waals surface area contributed by atoms with Crippen LogP contribution in [0.3, 0.4) is 0 Å². The number of benzene rings is 1. The quantitative estimate of drug-likeness (QED) is 0.825. The summed E-state index contributed by atoms with van der Waals surface area (Å²) in [6, 6.07) is 7.09. The fraction of sp³-hybridized carbons (Fsp3) is 0.571. The summed E-state index contributed by atoms with van der Waals surface area (Å²) in [5.41, 5.74) is 0.740. The molecule has 0 spiro atoms. The van der Waals surface area contributed by atoms with Crippen LogP contribution in [0.1, 0.15) is 25.8 Å². The standard InChI is InChI=1S/C14H22FNOS/c1-11(16-9-8-12(2)18(3)17)10-13-6-4-5-7-14(13)15/h4-7,11-12,16H,8-10H2,1-3H3. The second-order valence-electron chi connectivity index (χ2n) is 4.75. The van der Waals surface area contributed by atoms with Crippen LogP contribution in [0.2, 0.25) is 0 Å². The van der Waals surface area contributed by atoms with Gasteiger partial charge in [-0.3, -0.25) is 4.21 Å². The van der Waals surface area contributed by atoms with E-state index in [4.69, 9.17) is 0 Å². The van der Waals surface area contributed by atoms with Gasteiger partial charge in [0.05, 0.1) is 0 Å². The van der Waals surface area contributed by atoms with Gasteiger partial charge in [0.1, 0.15) is 5.82 Å². The first-order chi connectivity index (χ1) is 8.50. The maximum Gasteiger partial charge on any atom is 0.126 e. The highest BCUT2D eigenvalue weighted by molar-refractivity contribution is 7.84. The van der Waals surface area contributed by atoms with Crippen molar-refractivity contribution in [2.45, 2.75) is 38.0 Å². The van der Waals surface area contributed by atoms with Gasteiger partial charge in [-0.25, -0.2) is 4.39 Å². The van der Waals surface area contributed by atoms with Crippen LogP contribution in [-0.2, 0) is 17.2 Å². The van der Waals surface area contributed by atoms with Crippen molar-refractivity contribution in [2.24, 2.45) is 0 Å². The van der Waals surface area contributed by atoms with Crippen molar-refractivity contribution < 1.29 is 8.60 Å². The van der Waals surface area contributed by atoms with E-state index in [1.54, 1.807) is 12.3 Å². The Morgan fingerprint density at radius 3 is 2.61 bits per heavy atom. The molecular weight excluding hydrogens is 249 g/mol. The van der Waals surface area contributed by atoms with Crippen molar-refractivity contribution in [3.05, 3.63) is 35.6 Å². The Bertz CT molecular complexity index is 397. The predicted octanol–water partition coefficient (Wildman–Crippen LogP) is 2.50. The molecule has 2 nitrogen and oxygen atoms in total. The Kier molecular flexibility index (Phi) is 6.50. The Balaban J connectivity index is 2.32. The number of halogens is 1. The number of rotatable bonds is 7. The first-order valence-corrected chi connectivity index (χ1v) is 7.92. The molecule has 18 heavy (non-hydrogen) atoms. The zero-order valence-electron chi connectivity index (χ0n) is 11.3.